The van der Waals surface area contributed by atoms with Crippen molar-refractivity contribution in [1.29, 1.82) is 0 Å². The highest BCUT2D eigenvalue weighted by Crippen LogP contribution is 2.24. The second-order valence-corrected chi connectivity index (χ2v) is 6.50. The minimum absolute atomic E-state index is 0.116. The highest BCUT2D eigenvalue weighted by Gasteiger charge is 2.21. The normalized spacial score (nSPS) is 11.5. The summed E-state index contributed by atoms with van der Waals surface area (Å²) in [6, 6.07) is 3.33. The lowest BCUT2D eigenvalue weighted by Gasteiger charge is -2.04. The number of carbonyl (C=O) groups is 1. The molecular formula is C13H13F2N3O3S. The summed E-state index contributed by atoms with van der Waals surface area (Å²) in [5.41, 5.74) is -0.639. The molecule has 1 amide bonds. The predicted octanol–water partition coefficient (Wildman–Crippen LogP) is 1.44. The van der Waals surface area contributed by atoms with Gasteiger partial charge in [-0.2, -0.15) is 0 Å². The number of aryl methyl sites for hydroxylation is 1. The van der Waals surface area contributed by atoms with E-state index in [0.29, 0.717) is 0 Å². The molecule has 1 N–H and O–H groups in total. The topological polar surface area (TPSA) is 81.1 Å². The number of imidazole rings is 1. The van der Waals surface area contributed by atoms with Crippen molar-refractivity contribution >= 4 is 15.9 Å². The highest BCUT2D eigenvalue weighted by atomic mass is 32.2. The molecule has 118 valence electrons. The van der Waals surface area contributed by atoms with Crippen LogP contribution in [0.15, 0.2) is 24.4 Å². The molecule has 1 aromatic carbocycles. The van der Waals surface area contributed by atoms with E-state index in [0.717, 1.165) is 12.1 Å². The number of hydrogen-bond donors (Lipinski definition) is 1. The average molecular weight is 329 g/mol. The number of amides is 1. The number of benzene rings is 1. The Morgan fingerprint density at radius 3 is 2.45 bits per heavy atom. The van der Waals surface area contributed by atoms with Crippen molar-refractivity contribution in [2.24, 2.45) is 7.05 Å². The summed E-state index contributed by atoms with van der Waals surface area (Å²) < 4.78 is 53.3. The summed E-state index contributed by atoms with van der Waals surface area (Å²) in [5.74, 6) is -3.01. The van der Waals surface area contributed by atoms with Gasteiger partial charge in [-0.05, 0) is 19.1 Å². The van der Waals surface area contributed by atoms with E-state index < -0.39 is 27.6 Å². The minimum atomic E-state index is -3.75. The Kier molecular flexibility index (Phi) is 4.27. The molecule has 0 bridgehead atoms. The van der Waals surface area contributed by atoms with Crippen LogP contribution in [0.5, 0.6) is 0 Å². The van der Waals surface area contributed by atoms with Gasteiger partial charge >= 0.3 is 0 Å². The van der Waals surface area contributed by atoms with Gasteiger partial charge in [0.25, 0.3) is 5.91 Å². The van der Waals surface area contributed by atoms with Crippen LogP contribution in [0.3, 0.4) is 0 Å². The van der Waals surface area contributed by atoms with Crippen LogP contribution in [-0.4, -0.2) is 29.6 Å². The quantitative estimate of drug-likeness (QED) is 0.920. The fraction of sp³-hybridized carbons (Fsp3) is 0.231. The Balaban J connectivity index is 2.43. The Hall–Kier alpha value is -2.29. The van der Waals surface area contributed by atoms with Crippen LogP contribution in [0.4, 0.5) is 8.78 Å². The molecule has 0 aliphatic carbocycles. The first-order valence-electron chi connectivity index (χ1n) is 6.27. The van der Waals surface area contributed by atoms with E-state index >= 15 is 0 Å². The second-order valence-electron chi connectivity index (χ2n) is 4.49. The van der Waals surface area contributed by atoms with Crippen molar-refractivity contribution < 1.29 is 22.0 Å². The summed E-state index contributed by atoms with van der Waals surface area (Å²) in [6.07, 6.45) is 1.20. The van der Waals surface area contributed by atoms with Gasteiger partial charge in [0.05, 0.1) is 11.3 Å². The van der Waals surface area contributed by atoms with Crippen molar-refractivity contribution in [3.05, 3.63) is 41.7 Å². The van der Waals surface area contributed by atoms with Gasteiger partial charge in [0.15, 0.2) is 0 Å². The molecule has 0 saturated carbocycles. The van der Waals surface area contributed by atoms with Crippen molar-refractivity contribution in [3.63, 3.8) is 0 Å². The highest BCUT2D eigenvalue weighted by molar-refractivity contribution is 7.90. The van der Waals surface area contributed by atoms with Crippen LogP contribution in [-0.2, 0) is 17.1 Å². The third kappa shape index (κ3) is 3.14. The molecule has 2 rings (SSSR count). The molecule has 0 unspecified atom stereocenters. The van der Waals surface area contributed by atoms with Crippen LogP contribution in [0, 0.1) is 11.6 Å². The van der Waals surface area contributed by atoms with Crippen LogP contribution in [0.2, 0.25) is 0 Å². The van der Waals surface area contributed by atoms with E-state index in [1.165, 1.54) is 30.8 Å². The van der Waals surface area contributed by atoms with Gasteiger partial charge in [0, 0.05) is 13.2 Å². The Morgan fingerprint density at radius 2 is 1.91 bits per heavy atom. The van der Waals surface area contributed by atoms with Crippen LogP contribution >= 0.6 is 0 Å². The van der Waals surface area contributed by atoms with Gasteiger partial charge in [-0.25, -0.2) is 26.9 Å². The third-order valence-electron chi connectivity index (χ3n) is 2.92. The summed E-state index contributed by atoms with van der Waals surface area (Å²) in [7, 11) is -2.30. The molecule has 0 radical (unpaired) electrons. The molecule has 1 heterocycles. The molecule has 0 atom stereocenters. The van der Waals surface area contributed by atoms with E-state index in [4.69, 9.17) is 0 Å². The Morgan fingerprint density at radius 1 is 1.32 bits per heavy atom. The first kappa shape index (κ1) is 16.1. The van der Waals surface area contributed by atoms with Crippen molar-refractivity contribution in [2.75, 3.05) is 5.75 Å². The van der Waals surface area contributed by atoms with E-state index in [1.807, 2.05) is 4.72 Å². The van der Waals surface area contributed by atoms with Crippen molar-refractivity contribution in [1.82, 2.24) is 14.3 Å². The van der Waals surface area contributed by atoms with Gasteiger partial charge in [-0.1, -0.05) is 6.07 Å². The SMILES string of the molecule is CCS(=O)(=O)NC(=O)c1cn(C)c(-c2c(F)cccc2F)n1. The zero-order valence-electron chi connectivity index (χ0n) is 11.8. The van der Waals surface area contributed by atoms with Crippen molar-refractivity contribution in [2.45, 2.75) is 6.92 Å². The molecule has 0 aliphatic heterocycles. The Labute approximate surface area is 125 Å². The first-order chi connectivity index (χ1) is 10.2. The maximum Gasteiger partial charge on any atom is 0.284 e. The van der Waals surface area contributed by atoms with E-state index in [9.17, 15) is 22.0 Å². The number of nitrogens with one attached hydrogen (secondary N) is 1. The minimum Gasteiger partial charge on any atom is -0.333 e. The number of rotatable bonds is 4. The molecule has 2 aromatic rings. The lowest BCUT2D eigenvalue weighted by atomic mass is 10.2. The number of sulfonamides is 1. The van der Waals surface area contributed by atoms with E-state index in [1.54, 1.807) is 0 Å². The number of nitrogens with zero attached hydrogens (tertiary/aromatic N) is 2. The molecule has 0 saturated heterocycles. The standard InChI is InChI=1S/C13H13F2N3O3S/c1-3-22(20,21)17-13(19)10-7-18(2)12(16-10)11-8(14)5-4-6-9(11)15/h4-7H,3H2,1-2H3,(H,17,19). The number of hydrogen-bond acceptors (Lipinski definition) is 4. The first-order valence-corrected chi connectivity index (χ1v) is 7.93. The lowest BCUT2D eigenvalue weighted by molar-refractivity contribution is 0.0977. The summed E-state index contributed by atoms with van der Waals surface area (Å²) >= 11 is 0. The van der Waals surface area contributed by atoms with Gasteiger partial charge in [0.1, 0.15) is 23.2 Å². The molecule has 0 fully saturated rings. The van der Waals surface area contributed by atoms with Crippen molar-refractivity contribution in [3.8, 4) is 11.4 Å². The fourth-order valence-corrected chi connectivity index (χ4v) is 2.32. The van der Waals surface area contributed by atoms with Gasteiger partial charge in [-0.3, -0.25) is 4.79 Å². The van der Waals surface area contributed by atoms with Gasteiger partial charge < -0.3 is 4.57 Å². The average Bonchev–Trinajstić information content (AvgIpc) is 2.80. The third-order valence-corrected chi connectivity index (χ3v) is 4.18. The number of aromatic nitrogens is 2. The lowest BCUT2D eigenvalue weighted by Crippen LogP contribution is -2.32. The molecule has 22 heavy (non-hydrogen) atoms. The monoisotopic (exact) mass is 329 g/mol. The Bertz CT molecular complexity index is 811. The summed E-state index contributed by atoms with van der Waals surface area (Å²) in [6.45, 7) is 1.37. The van der Waals surface area contributed by atoms with Crippen LogP contribution < -0.4 is 4.72 Å². The summed E-state index contributed by atoms with van der Waals surface area (Å²) in [5, 5.41) is 0. The maximum absolute atomic E-state index is 13.8. The van der Waals surface area contributed by atoms with Crippen LogP contribution in [0.25, 0.3) is 11.4 Å². The zero-order chi connectivity index (χ0) is 16.5. The van der Waals surface area contributed by atoms with Crippen LogP contribution in [0.1, 0.15) is 17.4 Å². The molecule has 6 nitrogen and oxygen atoms in total. The maximum atomic E-state index is 13.8. The molecule has 0 aliphatic rings. The zero-order valence-corrected chi connectivity index (χ0v) is 12.6. The van der Waals surface area contributed by atoms with E-state index in [2.05, 4.69) is 4.98 Å². The molecular weight excluding hydrogens is 316 g/mol. The fourth-order valence-electron chi connectivity index (χ4n) is 1.79. The predicted molar refractivity (Wildman–Crippen MR) is 75.5 cm³/mol. The number of halogens is 2. The summed E-state index contributed by atoms with van der Waals surface area (Å²) in [4.78, 5) is 15.7. The second kappa shape index (κ2) is 5.84. The smallest absolute Gasteiger partial charge is 0.284 e. The largest absolute Gasteiger partial charge is 0.333 e. The molecule has 9 heteroatoms. The van der Waals surface area contributed by atoms with Gasteiger partial charge in [-0.15, -0.1) is 0 Å². The van der Waals surface area contributed by atoms with Gasteiger partial charge in [0.2, 0.25) is 10.0 Å². The number of carbonyl (C=O) groups excluding carboxylic acids is 1. The van der Waals surface area contributed by atoms with E-state index in [-0.39, 0.29) is 22.8 Å². The molecule has 1 aromatic heterocycles. The molecule has 0 spiro atoms.